The fourth-order valence-electron chi connectivity index (χ4n) is 4.36. The number of carbonyl (C=O) groups is 2. The zero-order chi connectivity index (χ0) is 25.5. The standard InChI is InChI=1S/C26H19BrN8O2/c1-35-21-8-3-2-5-14(21)12-22(35)26(37)30-19-7-4-6-15-11-20(28-23(15)19)25(36)29-18-10-9-16(27)13-17(18)24-31-33-34-32-24/h2-13,28H,1H3,(H,29,36)(H,30,37)(H,31,32,33,34). The van der Waals surface area contributed by atoms with E-state index in [0.717, 1.165) is 20.8 Å². The van der Waals surface area contributed by atoms with E-state index < -0.39 is 0 Å². The van der Waals surface area contributed by atoms with E-state index in [4.69, 9.17) is 0 Å². The van der Waals surface area contributed by atoms with Gasteiger partial charge in [-0.2, -0.15) is 0 Å². The van der Waals surface area contributed by atoms with Crippen LogP contribution in [-0.2, 0) is 7.05 Å². The summed E-state index contributed by atoms with van der Waals surface area (Å²) in [5, 5.41) is 21.6. The molecule has 0 fully saturated rings. The first kappa shape index (κ1) is 22.7. The quantitative estimate of drug-likeness (QED) is 0.235. The highest BCUT2D eigenvalue weighted by atomic mass is 79.9. The van der Waals surface area contributed by atoms with Crippen LogP contribution >= 0.6 is 15.9 Å². The molecule has 0 saturated carbocycles. The lowest BCUT2D eigenvalue weighted by atomic mass is 10.1. The topological polar surface area (TPSA) is 133 Å². The molecule has 0 atom stereocenters. The van der Waals surface area contributed by atoms with E-state index in [0.29, 0.717) is 39.7 Å². The molecular weight excluding hydrogens is 536 g/mol. The van der Waals surface area contributed by atoms with E-state index in [2.05, 4.69) is 52.2 Å². The SMILES string of the molecule is Cn1c(C(=O)Nc2cccc3cc(C(=O)Nc4ccc(Br)cc4-c4nnn[nH]4)[nH]c23)cc2ccccc21. The van der Waals surface area contributed by atoms with Crippen molar-refractivity contribution in [2.75, 3.05) is 10.6 Å². The fraction of sp³-hybridized carbons (Fsp3) is 0.0385. The largest absolute Gasteiger partial charge is 0.349 e. The third kappa shape index (κ3) is 4.15. The lowest BCUT2D eigenvalue weighted by Gasteiger charge is -2.09. The zero-order valence-corrected chi connectivity index (χ0v) is 21.0. The molecule has 3 aromatic heterocycles. The molecule has 6 aromatic rings. The number of hydrogen-bond acceptors (Lipinski definition) is 5. The number of H-pyrrole nitrogens is 2. The molecule has 182 valence electrons. The molecule has 4 N–H and O–H groups in total. The summed E-state index contributed by atoms with van der Waals surface area (Å²) < 4.78 is 2.67. The summed E-state index contributed by atoms with van der Waals surface area (Å²) in [6.45, 7) is 0. The molecule has 0 unspecified atom stereocenters. The molecular formula is C26H19BrN8O2. The Bertz CT molecular complexity index is 1800. The molecule has 3 aromatic carbocycles. The van der Waals surface area contributed by atoms with Crippen molar-refractivity contribution in [1.29, 1.82) is 0 Å². The van der Waals surface area contributed by atoms with Crippen LogP contribution < -0.4 is 10.6 Å². The normalized spacial score (nSPS) is 11.2. The Balaban J connectivity index is 1.29. The molecule has 6 rings (SSSR count). The van der Waals surface area contributed by atoms with E-state index in [9.17, 15) is 9.59 Å². The molecule has 11 heteroatoms. The number of benzene rings is 3. The van der Waals surface area contributed by atoms with Gasteiger partial charge in [0.25, 0.3) is 11.8 Å². The van der Waals surface area contributed by atoms with Gasteiger partial charge in [0.1, 0.15) is 11.4 Å². The van der Waals surface area contributed by atoms with Crippen molar-refractivity contribution in [3.63, 3.8) is 0 Å². The monoisotopic (exact) mass is 554 g/mol. The Labute approximate surface area is 218 Å². The number of aromatic amines is 2. The summed E-state index contributed by atoms with van der Waals surface area (Å²) in [5.74, 6) is -0.170. The molecule has 0 spiro atoms. The lowest BCUT2D eigenvalue weighted by Crippen LogP contribution is -2.16. The van der Waals surface area contributed by atoms with Gasteiger partial charge in [0.2, 0.25) is 0 Å². The number of nitrogens with zero attached hydrogens (tertiary/aromatic N) is 4. The smallest absolute Gasteiger partial charge is 0.272 e. The van der Waals surface area contributed by atoms with Gasteiger partial charge in [-0.25, -0.2) is 5.10 Å². The van der Waals surface area contributed by atoms with Gasteiger partial charge in [0.15, 0.2) is 5.82 Å². The van der Waals surface area contributed by atoms with Crippen molar-refractivity contribution in [3.05, 3.63) is 88.7 Å². The van der Waals surface area contributed by atoms with Gasteiger partial charge in [0.05, 0.1) is 16.9 Å². The number of aromatic nitrogens is 6. The van der Waals surface area contributed by atoms with Gasteiger partial charge in [-0.1, -0.05) is 46.3 Å². The van der Waals surface area contributed by atoms with Crippen LogP contribution in [0.5, 0.6) is 0 Å². The molecule has 0 aliphatic heterocycles. The van der Waals surface area contributed by atoms with Gasteiger partial charge in [-0.3, -0.25) is 9.59 Å². The van der Waals surface area contributed by atoms with Crippen LogP contribution in [0.4, 0.5) is 11.4 Å². The number of nitrogens with one attached hydrogen (secondary N) is 4. The summed E-state index contributed by atoms with van der Waals surface area (Å²) in [4.78, 5) is 29.5. The Hall–Kier alpha value is -4.77. The number of carbonyl (C=O) groups excluding carboxylic acids is 2. The molecule has 0 bridgehead atoms. The number of para-hydroxylation sites is 2. The minimum absolute atomic E-state index is 0.244. The molecule has 3 heterocycles. The van der Waals surface area contributed by atoms with Crippen molar-refractivity contribution in [1.82, 2.24) is 30.2 Å². The van der Waals surface area contributed by atoms with Crippen LogP contribution in [0.15, 0.2) is 77.3 Å². The number of aryl methyl sites for hydroxylation is 1. The number of fused-ring (bicyclic) bond motifs is 2. The van der Waals surface area contributed by atoms with Crippen LogP contribution in [-0.4, -0.2) is 42.0 Å². The molecule has 2 amide bonds. The van der Waals surface area contributed by atoms with Crippen molar-refractivity contribution >= 4 is 60.9 Å². The number of halogens is 1. The number of amides is 2. The Morgan fingerprint density at radius 2 is 1.70 bits per heavy atom. The molecule has 0 aliphatic rings. The highest BCUT2D eigenvalue weighted by Crippen LogP contribution is 2.30. The zero-order valence-electron chi connectivity index (χ0n) is 19.4. The van der Waals surface area contributed by atoms with Gasteiger partial charge in [0, 0.05) is 33.4 Å². The van der Waals surface area contributed by atoms with Gasteiger partial charge in [-0.15, -0.1) is 5.10 Å². The summed E-state index contributed by atoms with van der Waals surface area (Å²) in [6, 6.07) is 22.3. The molecule has 37 heavy (non-hydrogen) atoms. The van der Waals surface area contributed by atoms with Crippen molar-refractivity contribution in [2.45, 2.75) is 0 Å². The van der Waals surface area contributed by atoms with Gasteiger partial charge < -0.3 is 20.2 Å². The molecule has 0 radical (unpaired) electrons. The second-order valence-electron chi connectivity index (χ2n) is 8.45. The number of rotatable bonds is 5. The van der Waals surface area contributed by atoms with Crippen LogP contribution in [0.3, 0.4) is 0 Å². The van der Waals surface area contributed by atoms with Crippen LogP contribution in [0.2, 0.25) is 0 Å². The molecule has 0 aliphatic carbocycles. The first-order chi connectivity index (χ1) is 18.0. The third-order valence-electron chi connectivity index (χ3n) is 6.16. The predicted octanol–water partition coefficient (Wildman–Crippen LogP) is 5.11. The first-order valence-electron chi connectivity index (χ1n) is 11.3. The number of tetrazole rings is 1. The van der Waals surface area contributed by atoms with E-state index in [1.807, 2.05) is 66.2 Å². The Morgan fingerprint density at radius 3 is 2.51 bits per heavy atom. The van der Waals surface area contributed by atoms with Crippen molar-refractivity contribution < 1.29 is 9.59 Å². The lowest BCUT2D eigenvalue weighted by molar-refractivity contribution is 0.101. The maximum atomic E-state index is 13.2. The van der Waals surface area contributed by atoms with E-state index in [1.165, 1.54) is 0 Å². The van der Waals surface area contributed by atoms with Crippen LogP contribution in [0, 0.1) is 0 Å². The number of hydrogen-bond donors (Lipinski definition) is 4. The van der Waals surface area contributed by atoms with Gasteiger partial charge >= 0.3 is 0 Å². The van der Waals surface area contributed by atoms with Crippen molar-refractivity contribution in [3.8, 4) is 11.4 Å². The fourth-order valence-corrected chi connectivity index (χ4v) is 4.72. The maximum Gasteiger partial charge on any atom is 0.272 e. The van der Waals surface area contributed by atoms with E-state index in [1.54, 1.807) is 18.2 Å². The average Bonchev–Trinajstić information content (AvgIpc) is 3.65. The second-order valence-corrected chi connectivity index (χ2v) is 9.36. The number of anilines is 2. The highest BCUT2D eigenvalue weighted by Gasteiger charge is 2.18. The minimum atomic E-state index is -0.349. The van der Waals surface area contributed by atoms with Gasteiger partial charge in [-0.05, 0) is 52.9 Å². The Morgan fingerprint density at radius 1 is 0.892 bits per heavy atom. The summed E-state index contributed by atoms with van der Waals surface area (Å²) in [7, 11) is 1.86. The average molecular weight is 555 g/mol. The van der Waals surface area contributed by atoms with E-state index >= 15 is 0 Å². The van der Waals surface area contributed by atoms with E-state index in [-0.39, 0.29) is 11.8 Å². The highest BCUT2D eigenvalue weighted by molar-refractivity contribution is 9.10. The molecule has 10 nitrogen and oxygen atoms in total. The second kappa shape index (κ2) is 9.03. The van der Waals surface area contributed by atoms with Crippen LogP contribution in [0.25, 0.3) is 33.2 Å². The summed E-state index contributed by atoms with van der Waals surface area (Å²) >= 11 is 3.44. The van der Waals surface area contributed by atoms with Crippen LogP contribution in [0.1, 0.15) is 21.0 Å². The minimum Gasteiger partial charge on any atom is -0.349 e. The molecule has 0 saturated heterocycles. The summed E-state index contributed by atoms with van der Waals surface area (Å²) in [5.41, 5.74) is 4.23. The first-order valence-corrected chi connectivity index (χ1v) is 12.1. The van der Waals surface area contributed by atoms with Crippen molar-refractivity contribution in [2.24, 2.45) is 7.05 Å². The third-order valence-corrected chi connectivity index (χ3v) is 6.66. The maximum absolute atomic E-state index is 13.2. The Kier molecular flexibility index (Phi) is 5.53. The summed E-state index contributed by atoms with van der Waals surface area (Å²) in [6.07, 6.45) is 0. The predicted molar refractivity (Wildman–Crippen MR) is 144 cm³/mol.